The van der Waals surface area contributed by atoms with Gasteiger partial charge >= 0.3 is 5.97 Å². The van der Waals surface area contributed by atoms with Crippen molar-refractivity contribution in [2.24, 2.45) is 0 Å². The second-order valence-corrected chi connectivity index (χ2v) is 6.12. The van der Waals surface area contributed by atoms with E-state index in [4.69, 9.17) is 4.74 Å². The van der Waals surface area contributed by atoms with E-state index in [0.717, 1.165) is 25.7 Å². The number of carbonyl (C=O) groups excluding carboxylic acids is 1. The van der Waals surface area contributed by atoms with Crippen LogP contribution in [0.15, 0.2) is 36.5 Å². The van der Waals surface area contributed by atoms with Crippen molar-refractivity contribution < 1.29 is 19.4 Å². The molecule has 1 heterocycles. The van der Waals surface area contributed by atoms with Gasteiger partial charge in [-0.25, -0.2) is 4.79 Å². The fourth-order valence-corrected chi connectivity index (χ4v) is 3.22. The van der Waals surface area contributed by atoms with Crippen LogP contribution in [0.5, 0.6) is 5.75 Å². The lowest BCUT2D eigenvalue weighted by atomic mass is 10.1. The van der Waals surface area contributed by atoms with E-state index >= 15 is 0 Å². The summed E-state index contributed by atoms with van der Waals surface area (Å²) in [6.45, 7) is 0. The number of methoxy groups -OCH3 is 1. The van der Waals surface area contributed by atoms with Crippen molar-refractivity contribution in [3.05, 3.63) is 47.8 Å². The van der Waals surface area contributed by atoms with E-state index in [1.54, 1.807) is 41.2 Å². The van der Waals surface area contributed by atoms with Crippen LogP contribution < -0.4 is 10.1 Å². The predicted molar refractivity (Wildman–Crippen MR) is 90.6 cm³/mol. The van der Waals surface area contributed by atoms with Crippen molar-refractivity contribution in [3.8, 4) is 5.75 Å². The number of ether oxygens (including phenoxy) is 1. The standard InChI is InChI=1S/C18H21N3O4/c1-25-14-8-6-12(7-9-14)16(18(23)24)20-17(22)15-10-11-19-21(15)13-4-2-3-5-13/h6-11,13,16H,2-5H2,1H3,(H,20,22)(H,23,24). The van der Waals surface area contributed by atoms with Gasteiger partial charge in [0, 0.05) is 6.20 Å². The van der Waals surface area contributed by atoms with Crippen LogP contribution in [-0.2, 0) is 4.79 Å². The van der Waals surface area contributed by atoms with E-state index in [0.29, 0.717) is 17.0 Å². The molecule has 1 aliphatic rings. The Kier molecular flexibility index (Phi) is 5.02. The molecule has 1 aromatic heterocycles. The first-order valence-electron chi connectivity index (χ1n) is 8.31. The first-order chi connectivity index (χ1) is 12.1. The summed E-state index contributed by atoms with van der Waals surface area (Å²) in [4.78, 5) is 24.3. The zero-order chi connectivity index (χ0) is 17.8. The van der Waals surface area contributed by atoms with E-state index in [-0.39, 0.29) is 6.04 Å². The van der Waals surface area contributed by atoms with Crippen molar-refractivity contribution in [2.75, 3.05) is 7.11 Å². The molecule has 1 amide bonds. The van der Waals surface area contributed by atoms with Crippen LogP contribution >= 0.6 is 0 Å². The first kappa shape index (κ1) is 17.0. The van der Waals surface area contributed by atoms with Crippen molar-refractivity contribution in [1.82, 2.24) is 15.1 Å². The third kappa shape index (κ3) is 3.65. The Morgan fingerprint density at radius 3 is 2.52 bits per heavy atom. The monoisotopic (exact) mass is 343 g/mol. The van der Waals surface area contributed by atoms with Crippen molar-refractivity contribution in [2.45, 2.75) is 37.8 Å². The molecule has 1 unspecified atom stereocenters. The van der Waals surface area contributed by atoms with Crippen LogP contribution in [0.25, 0.3) is 0 Å². The highest BCUT2D eigenvalue weighted by atomic mass is 16.5. The molecular weight excluding hydrogens is 322 g/mol. The molecule has 2 N–H and O–H groups in total. The van der Waals surface area contributed by atoms with Crippen molar-refractivity contribution in [1.29, 1.82) is 0 Å². The van der Waals surface area contributed by atoms with Gasteiger partial charge in [-0.2, -0.15) is 5.10 Å². The summed E-state index contributed by atoms with van der Waals surface area (Å²) in [5, 5.41) is 16.4. The number of hydrogen-bond acceptors (Lipinski definition) is 4. The largest absolute Gasteiger partial charge is 0.497 e. The summed E-state index contributed by atoms with van der Waals surface area (Å²) < 4.78 is 6.79. The third-order valence-corrected chi connectivity index (χ3v) is 4.55. The molecule has 7 heteroatoms. The fourth-order valence-electron chi connectivity index (χ4n) is 3.22. The molecule has 1 aliphatic carbocycles. The summed E-state index contributed by atoms with van der Waals surface area (Å²) in [5.41, 5.74) is 0.875. The first-order valence-corrected chi connectivity index (χ1v) is 8.31. The van der Waals surface area contributed by atoms with E-state index in [1.165, 1.54) is 7.11 Å². The van der Waals surface area contributed by atoms with Gasteiger partial charge in [-0.15, -0.1) is 0 Å². The van der Waals surface area contributed by atoms with Crippen LogP contribution in [0.3, 0.4) is 0 Å². The maximum absolute atomic E-state index is 12.6. The number of benzene rings is 1. The molecule has 1 saturated carbocycles. The van der Waals surface area contributed by atoms with Crippen LogP contribution in [0.1, 0.15) is 53.8 Å². The maximum Gasteiger partial charge on any atom is 0.330 e. The molecule has 0 radical (unpaired) electrons. The zero-order valence-electron chi connectivity index (χ0n) is 14.0. The van der Waals surface area contributed by atoms with Gasteiger partial charge in [-0.05, 0) is 36.6 Å². The van der Waals surface area contributed by atoms with Gasteiger partial charge in [0.05, 0.1) is 13.2 Å². The highest BCUT2D eigenvalue weighted by Crippen LogP contribution is 2.30. The van der Waals surface area contributed by atoms with E-state index < -0.39 is 17.9 Å². The van der Waals surface area contributed by atoms with Gasteiger partial charge < -0.3 is 15.2 Å². The number of nitrogens with one attached hydrogen (secondary N) is 1. The highest BCUT2D eigenvalue weighted by Gasteiger charge is 2.27. The van der Waals surface area contributed by atoms with Gasteiger partial charge in [0.15, 0.2) is 6.04 Å². The van der Waals surface area contributed by atoms with Crippen LogP contribution in [0.4, 0.5) is 0 Å². The summed E-state index contributed by atoms with van der Waals surface area (Å²) in [6.07, 6.45) is 5.80. The average molecular weight is 343 g/mol. The van der Waals surface area contributed by atoms with E-state index in [2.05, 4.69) is 10.4 Å². The summed E-state index contributed by atoms with van der Waals surface area (Å²) in [7, 11) is 1.54. The quantitative estimate of drug-likeness (QED) is 0.841. The average Bonchev–Trinajstić information content (AvgIpc) is 3.30. The van der Waals surface area contributed by atoms with Crippen LogP contribution in [-0.4, -0.2) is 33.9 Å². The molecule has 0 bridgehead atoms. The van der Waals surface area contributed by atoms with Gasteiger partial charge in [-0.1, -0.05) is 25.0 Å². The number of hydrogen-bond donors (Lipinski definition) is 2. The number of carbonyl (C=O) groups is 2. The van der Waals surface area contributed by atoms with E-state index in [1.807, 2.05) is 0 Å². The van der Waals surface area contributed by atoms with Gasteiger partial charge in [-0.3, -0.25) is 9.48 Å². The van der Waals surface area contributed by atoms with Gasteiger partial charge in [0.1, 0.15) is 11.4 Å². The molecule has 1 fully saturated rings. The summed E-state index contributed by atoms with van der Waals surface area (Å²) in [5.74, 6) is -0.934. The van der Waals surface area contributed by atoms with E-state index in [9.17, 15) is 14.7 Å². The molecule has 3 rings (SSSR count). The topological polar surface area (TPSA) is 93.5 Å². The Morgan fingerprint density at radius 1 is 1.24 bits per heavy atom. The molecule has 2 aromatic rings. The molecule has 0 spiro atoms. The molecule has 1 atom stereocenters. The Hall–Kier alpha value is -2.83. The highest BCUT2D eigenvalue weighted by molar-refractivity contribution is 5.95. The second kappa shape index (κ2) is 7.38. The summed E-state index contributed by atoms with van der Waals surface area (Å²) >= 11 is 0. The Balaban J connectivity index is 1.79. The molecule has 25 heavy (non-hydrogen) atoms. The Labute approximate surface area is 145 Å². The molecular formula is C18H21N3O4. The van der Waals surface area contributed by atoms with Crippen molar-refractivity contribution >= 4 is 11.9 Å². The van der Waals surface area contributed by atoms with Gasteiger partial charge in [0.25, 0.3) is 5.91 Å². The molecule has 1 aromatic carbocycles. The predicted octanol–water partition coefficient (Wildman–Crippen LogP) is 2.56. The second-order valence-electron chi connectivity index (χ2n) is 6.12. The Morgan fingerprint density at radius 2 is 1.92 bits per heavy atom. The lowest BCUT2D eigenvalue weighted by molar-refractivity contribution is -0.139. The van der Waals surface area contributed by atoms with Gasteiger partial charge in [0.2, 0.25) is 0 Å². The number of aliphatic carboxylic acids is 1. The minimum atomic E-state index is -1.13. The SMILES string of the molecule is COc1ccc(C(NC(=O)c2ccnn2C2CCCC2)C(=O)O)cc1. The Bertz CT molecular complexity index is 748. The number of carboxylic acid groups (broad SMARTS) is 1. The minimum absolute atomic E-state index is 0.208. The normalized spacial score (nSPS) is 15.7. The molecule has 0 saturated heterocycles. The number of carboxylic acids is 1. The fraction of sp³-hybridized carbons (Fsp3) is 0.389. The third-order valence-electron chi connectivity index (χ3n) is 4.55. The lowest BCUT2D eigenvalue weighted by Crippen LogP contribution is -2.35. The van der Waals surface area contributed by atoms with Crippen LogP contribution in [0.2, 0.25) is 0 Å². The molecule has 7 nitrogen and oxygen atoms in total. The number of aromatic nitrogens is 2. The minimum Gasteiger partial charge on any atom is -0.497 e. The number of rotatable bonds is 6. The number of nitrogens with zero attached hydrogens (tertiary/aromatic N) is 2. The zero-order valence-corrected chi connectivity index (χ0v) is 14.0. The maximum atomic E-state index is 12.6. The number of amides is 1. The lowest BCUT2D eigenvalue weighted by Gasteiger charge is -2.18. The smallest absolute Gasteiger partial charge is 0.330 e. The molecule has 132 valence electrons. The molecule has 0 aliphatic heterocycles. The van der Waals surface area contributed by atoms with Crippen LogP contribution in [0, 0.1) is 0 Å². The summed E-state index contributed by atoms with van der Waals surface area (Å²) in [6, 6.07) is 7.30. The van der Waals surface area contributed by atoms with Crippen molar-refractivity contribution in [3.63, 3.8) is 0 Å².